The summed E-state index contributed by atoms with van der Waals surface area (Å²) >= 11 is 23.1. The Labute approximate surface area is 149 Å². The maximum absolute atomic E-state index is 8.96. The highest BCUT2D eigenvalue weighted by Crippen LogP contribution is 2.25. The summed E-state index contributed by atoms with van der Waals surface area (Å²) < 4.78 is 1.04. The maximum atomic E-state index is 8.96. The number of thiocarbonyl (C=S) groups is 2. The molecule has 0 unspecified atom stereocenters. The molecule has 0 aromatic heterocycles. The van der Waals surface area contributed by atoms with Gasteiger partial charge in [0, 0.05) is 14.5 Å². The molecule has 0 aromatic carbocycles. The monoisotopic (exact) mass is 530 g/mol. The van der Waals surface area contributed by atoms with Gasteiger partial charge in [0.25, 0.3) is 0 Å². The molecule has 92 valence electrons. The highest BCUT2D eigenvalue weighted by Gasteiger charge is 2.20. The van der Waals surface area contributed by atoms with Crippen LogP contribution in [0, 0.1) is 22.7 Å². The predicted octanol–water partition coefficient (Wildman–Crippen LogP) is 5.33. The molecule has 0 fully saturated rings. The molecule has 0 aliphatic heterocycles. The van der Waals surface area contributed by atoms with Crippen LogP contribution < -0.4 is 0 Å². The van der Waals surface area contributed by atoms with Crippen LogP contribution in [0.2, 0.25) is 0 Å². The summed E-state index contributed by atoms with van der Waals surface area (Å²) in [7, 11) is 0. The second-order valence-corrected chi connectivity index (χ2v) is 5.99. The number of halogens is 4. The van der Waals surface area contributed by atoms with Crippen molar-refractivity contribution in [3.63, 3.8) is 0 Å². The van der Waals surface area contributed by atoms with Crippen LogP contribution in [0.25, 0.3) is 0 Å². The van der Waals surface area contributed by atoms with Gasteiger partial charge in [0.15, 0.2) is 0 Å². The lowest BCUT2D eigenvalue weighted by atomic mass is 10.0. The zero-order valence-electron chi connectivity index (χ0n) is 8.38. The van der Waals surface area contributed by atoms with Gasteiger partial charge in [0.1, 0.15) is 17.7 Å². The molecule has 0 amide bonds. The van der Waals surface area contributed by atoms with Crippen LogP contribution in [0.1, 0.15) is 0 Å². The number of rotatable bonds is 4. The van der Waals surface area contributed by atoms with Crippen LogP contribution in [0.4, 0.5) is 0 Å². The van der Waals surface area contributed by atoms with Crippen molar-refractivity contribution in [1.29, 1.82) is 10.5 Å². The van der Waals surface area contributed by atoms with Crippen molar-refractivity contribution >= 4 is 97.9 Å². The lowest BCUT2D eigenvalue weighted by Gasteiger charge is -2.09. The van der Waals surface area contributed by atoms with Crippen LogP contribution in [-0.2, 0) is 0 Å². The minimum atomic E-state index is -0.136. The molecule has 0 aliphatic rings. The lowest BCUT2D eigenvalue weighted by molar-refractivity contribution is 1.46. The third kappa shape index (κ3) is 4.76. The topological polar surface area (TPSA) is 47.6 Å². The highest BCUT2D eigenvalue weighted by atomic mass is 79.9. The van der Waals surface area contributed by atoms with E-state index in [-0.39, 0.29) is 20.9 Å². The standard InChI is InChI=1S/C10H2Br4N2S2/c11-1-6(13)9(17)8(5(3-15)4-16)10(18)7(14)2-12/h1-2H. The summed E-state index contributed by atoms with van der Waals surface area (Å²) in [6.45, 7) is 0. The summed E-state index contributed by atoms with van der Waals surface area (Å²) in [5, 5.41) is 17.9. The summed E-state index contributed by atoms with van der Waals surface area (Å²) in [4.78, 5) is 3.63. The van der Waals surface area contributed by atoms with Crippen LogP contribution >= 0.6 is 88.2 Å². The van der Waals surface area contributed by atoms with Crippen molar-refractivity contribution in [2.75, 3.05) is 0 Å². The van der Waals surface area contributed by atoms with Crippen molar-refractivity contribution < 1.29 is 0 Å². The van der Waals surface area contributed by atoms with E-state index in [9.17, 15) is 0 Å². The van der Waals surface area contributed by atoms with Gasteiger partial charge in [0.05, 0.1) is 9.73 Å². The van der Waals surface area contributed by atoms with Gasteiger partial charge in [-0.25, -0.2) is 0 Å². The molecule has 0 N–H and O–H groups in total. The van der Waals surface area contributed by atoms with Crippen molar-refractivity contribution in [2.24, 2.45) is 0 Å². The molecule has 0 saturated carbocycles. The van der Waals surface area contributed by atoms with Crippen LogP contribution in [0.5, 0.6) is 0 Å². The van der Waals surface area contributed by atoms with Crippen LogP contribution in [-0.4, -0.2) is 9.73 Å². The normalized spacial score (nSPS) is 11.2. The first-order chi connectivity index (χ1) is 8.44. The van der Waals surface area contributed by atoms with E-state index in [1.807, 2.05) is 0 Å². The van der Waals surface area contributed by atoms with Gasteiger partial charge >= 0.3 is 0 Å². The highest BCUT2D eigenvalue weighted by molar-refractivity contribution is 9.14. The smallest absolute Gasteiger partial charge is 0.139 e. The lowest BCUT2D eigenvalue weighted by Crippen LogP contribution is -2.12. The number of allylic oxidation sites excluding steroid dienone is 4. The first-order valence-electron chi connectivity index (χ1n) is 4.00. The molecule has 0 bridgehead atoms. The number of hydrogen-bond acceptors (Lipinski definition) is 4. The Morgan fingerprint density at radius 2 is 1.22 bits per heavy atom. The second kappa shape index (κ2) is 9.24. The van der Waals surface area contributed by atoms with Crippen molar-refractivity contribution in [2.45, 2.75) is 0 Å². The Morgan fingerprint density at radius 3 is 1.44 bits per heavy atom. The van der Waals surface area contributed by atoms with Gasteiger partial charge in [-0.15, -0.1) is 0 Å². The van der Waals surface area contributed by atoms with Crippen LogP contribution in [0.15, 0.2) is 30.1 Å². The molecule has 0 rings (SSSR count). The Morgan fingerprint density at radius 1 is 0.889 bits per heavy atom. The van der Waals surface area contributed by atoms with E-state index >= 15 is 0 Å². The molecule has 2 nitrogen and oxygen atoms in total. The molecular formula is C10H2Br4N2S2. The van der Waals surface area contributed by atoms with E-state index in [1.165, 1.54) is 9.97 Å². The first kappa shape index (κ1) is 18.3. The second-order valence-electron chi connectivity index (χ2n) is 2.55. The zero-order valence-corrected chi connectivity index (χ0v) is 16.4. The third-order valence-electron chi connectivity index (χ3n) is 1.55. The molecule has 0 heterocycles. The molecule has 8 heteroatoms. The fourth-order valence-corrected chi connectivity index (χ4v) is 2.55. The number of nitrogens with zero attached hydrogens (tertiary/aromatic N) is 2. The Kier molecular flexibility index (Phi) is 9.40. The first-order valence-corrected chi connectivity index (χ1v) is 8.23. The average molecular weight is 534 g/mol. The van der Waals surface area contributed by atoms with E-state index in [0.717, 1.165) is 0 Å². The Hall–Kier alpha value is 0.300. The SMILES string of the molecule is N#CC(C#N)=C(C(=S)C(Br)=CBr)C(=S)C(Br)=CBr. The van der Waals surface area contributed by atoms with E-state index in [4.69, 9.17) is 35.0 Å². The van der Waals surface area contributed by atoms with Gasteiger partial charge in [-0.2, -0.15) is 10.5 Å². The molecule has 0 atom stereocenters. The minimum Gasteiger partial charge on any atom is -0.192 e. The van der Waals surface area contributed by atoms with E-state index in [1.54, 1.807) is 12.1 Å². The Bertz CT molecular complexity index is 513. The number of hydrogen-bond donors (Lipinski definition) is 0. The summed E-state index contributed by atoms with van der Waals surface area (Å²) in [6, 6.07) is 3.58. The summed E-state index contributed by atoms with van der Waals surface area (Å²) in [6.07, 6.45) is 0. The van der Waals surface area contributed by atoms with Gasteiger partial charge in [-0.05, 0) is 41.8 Å². The minimum absolute atomic E-state index is 0.136. The van der Waals surface area contributed by atoms with Crippen LogP contribution in [0.3, 0.4) is 0 Å². The van der Waals surface area contributed by atoms with E-state index < -0.39 is 0 Å². The van der Waals surface area contributed by atoms with E-state index in [2.05, 4.69) is 63.7 Å². The maximum Gasteiger partial charge on any atom is 0.139 e. The molecule has 18 heavy (non-hydrogen) atoms. The fourth-order valence-electron chi connectivity index (χ4n) is 0.805. The summed E-state index contributed by atoms with van der Waals surface area (Å²) in [5.41, 5.74) is 0.0951. The molecule has 0 saturated heterocycles. The van der Waals surface area contributed by atoms with Gasteiger partial charge < -0.3 is 0 Å². The van der Waals surface area contributed by atoms with Gasteiger partial charge in [0.2, 0.25) is 0 Å². The van der Waals surface area contributed by atoms with Gasteiger partial charge in [-0.1, -0.05) is 56.3 Å². The molecule has 0 aromatic rings. The molecule has 0 radical (unpaired) electrons. The van der Waals surface area contributed by atoms with E-state index in [0.29, 0.717) is 8.96 Å². The fraction of sp³-hybridized carbons (Fsp3) is 0. The molecule has 0 spiro atoms. The van der Waals surface area contributed by atoms with Crippen molar-refractivity contribution in [3.05, 3.63) is 30.1 Å². The summed E-state index contributed by atoms with van der Waals surface area (Å²) in [5.74, 6) is 0. The van der Waals surface area contributed by atoms with Crippen molar-refractivity contribution in [3.8, 4) is 12.1 Å². The molecular weight excluding hydrogens is 532 g/mol. The Balaban J connectivity index is 6.05. The predicted molar refractivity (Wildman–Crippen MR) is 95.3 cm³/mol. The zero-order chi connectivity index (χ0) is 14.3. The van der Waals surface area contributed by atoms with Gasteiger partial charge in [-0.3, -0.25) is 0 Å². The quantitative estimate of drug-likeness (QED) is 0.278. The third-order valence-corrected chi connectivity index (χ3v) is 6.32. The average Bonchev–Trinajstić information content (AvgIpc) is 2.41. The molecule has 0 aliphatic carbocycles. The largest absolute Gasteiger partial charge is 0.192 e. The van der Waals surface area contributed by atoms with Crippen molar-refractivity contribution in [1.82, 2.24) is 0 Å². The number of nitriles is 2.